The molecule has 15 heavy (non-hydrogen) atoms. The van der Waals surface area contributed by atoms with Crippen molar-refractivity contribution in [1.29, 1.82) is 0 Å². The van der Waals surface area contributed by atoms with Crippen molar-refractivity contribution in [3.63, 3.8) is 0 Å². The molecule has 1 atom stereocenters. The summed E-state index contributed by atoms with van der Waals surface area (Å²) in [4.78, 5) is 3.91. The lowest BCUT2D eigenvalue weighted by molar-refractivity contribution is 0.602. The molecule has 0 saturated carbocycles. The highest BCUT2D eigenvalue weighted by atomic mass is 35.5. The lowest BCUT2D eigenvalue weighted by Gasteiger charge is -2.11. The van der Waals surface area contributed by atoms with Crippen molar-refractivity contribution in [2.24, 2.45) is 0 Å². The number of anilines is 1. The summed E-state index contributed by atoms with van der Waals surface area (Å²) >= 11 is 5.64. The van der Waals surface area contributed by atoms with E-state index in [9.17, 15) is 8.42 Å². The van der Waals surface area contributed by atoms with Gasteiger partial charge in [0.25, 0.3) is 0 Å². The van der Waals surface area contributed by atoms with E-state index in [-0.39, 0.29) is 17.5 Å². The fourth-order valence-corrected chi connectivity index (χ4v) is 3.39. The summed E-state index contributed by atoms with van der Waals surface area (Å²) in [5.41, 5.74) is 0.807. The van der Waals surface area contributed by atoms with E-state index in [2.05, 4.69) is 10.3 Å². The molecule has 0 aromatic carbocycles. The van der Waals surface area contributed by atoms with Gasteiger partial charge >= 0.3 is 0 Å². The SMILES string of the molecule is O=S1(=O)CCC(Nc2ccc(Cl)nc2)C1. The smallest absolute Gasteiger partial charge is 0.152 e. The van der Waals surface area contributed by atoms with Gasteiger partial charge in [0.1, 0.15) is 5.15 Å². The average molecular weight is 247 g/mol. The van der Waals surface area contributed by atoms with Gasteiger partial charge in [0.2, 0.25) is 0 Å². The Kier molecular flexibility index (Phi) is 2.84. The minimum Gasteiger partial charge on any atom is -0.380 e. The molecule has 1 unspecified atom stereocenters. The Morgan fingerprint density at radius 2 is 2.27 bits per heavy atom. The number of rotatable bonds is 2. The largest absolute Gasteiger partial charge is 0.380 e. The van der Waals surface area contributed by atoms with Crippen LogP contribution in [0.4, 0.5) is 5.69 Å². The van der Waals surface area contributed by atoms with Gasteiger partial charge in [-0.15, -0.1) is 0 Å². The topological polar surface area (TPSA) is 59.1 Å². The van der Waals surface area contributed by atoms with Crippen LogP contribution in [0.1, 0.15) is 6.42 Å². The van der Waals surface area contributed by atoms with Crippen LogP contribution in [0.2, 0.25) is 5.15 Å². The third-order valence-corrected chi connectivity index (χ3v) is 4.32. The second-order valence-electron chi connectivity index (χ2n) is 3.61. The summed E-state index contributed by atoms with van der Waals surface area (Å²) in [6.45, 7) is 0. The number of halogens is 1. The summed E-state index contributed by atoms with van der Waals surface area (Å²) in [6, 6.07) is 3.46. The van der Waals surface area contributed by atoms with Gasteiger partial charge in [-0.25, -0.2) is 13.4 Å². The molecular formula is C9H11ClN2O2S. The van der Waals surface area contributed by atoms with E-state index in [1.165, 1.54) is 0 Å². The first kappa shape index (κ1) is 10.7. The fraction of sp³-hybridized carbons (Fsp3) is 0.444. The van der Waals surface area contributed by atoms with Crippen molar-refractivity contribution in [3.8, 4) is 0 Å². The summed E-state index contributed by atoms with van der Waals surface area (Å²) in [6.07, 6.45) is 2.26. The Labute approximate surface area is 93.6 Å². The molecule has 4 nitrogen and oxygen atoms in total. The zero-order valence-corrected chi connectivity index (χ0v) is 9.55. The molecule has 0 aliphatic carbocycles. The highest BCUT2D eigenvalue weighted by molar-refractivity contribution is 7.91. The summed E-state index contributed by atoms with van der Waals surface area (Å²) in [5, 5.41) is 3.55. The molecule has 2 rings (SSSR count). The zero-order chi connectivity index (χ0) is 10.9. The Balaban J connectivity index is 2.02. The minimum absolute atomic E-state index is 0.00187. The number of hydrogen-bond donors (Lipinski definition) is 1. The molecule has 1 saturated heterocycles. The fourth-order valence-electron chi connectivity index (χ4n) is 1.61. The van der Waals surface area contributed by atoms with Gasteiger partial charge in [0.15, 0.2) is 9.84 Å². The van der Waals surface area contributed by atoms with Gasteiger partial charge in [-0.2, -0.15) is 0 Å². The second kappa shape index (κ2) is 3.98. The van der Waals surface area contributed by atoms with Crippen LogP contribution < -0.4 is 5.32 Å². The van der Waals surface area contributed by atoms with Crippen molar-refractivity contribution in [1.82, 2.24) is 4.98 Å². The van der Waals surface area contributed by atoms with Crippen molar-refractivity contribution in [2.75, 3.05) is 16.8 Å². The highest BCUT2D eigenvalue weighted by Gasteiger charge is 2.27. The Morgan fingerprint density at radius 3 is 2.80 bits per heavy atom. The number of aromatic nitrogens is 1. The monoisotopic (exact) mass is 246 g/mol. The summed E-state index contributed by atoms with van der Waals surface area (Å²) in [7, 11) is -2.83. The molecule has 0 spiro atoms. The first-order valence-corrected chi connectivity index (χ1v) is 6.84. The maximum atomic E-state index is 11.2. The van der Waals surface area contributed by atoms with Gasteiger partial charge in [0, 0.05) is 6.04 Å². The number of nitrogens with one attached hydrogen (secondary N) is 1. The van der Waals surface area contributed by atoms with E-state index in [0.29, 0.717) is 11.6 Å². The van der Waals surface area contributed by atoms with Crippen LogP contribution in [0.5, 0.6) is 0 Å². The molecule has 82 valence electrons. The normalized spacial score (nSPS) is 23.9. The molecular weight excluding hydrogens is 236 g/mol. The molecule has 0 amide bonds. The number of pyridine rings is 1. The molecule has 6 heteroatoms. The van der Waals surface area contributed by atoms with Crippen molar-refractivity contribution in [3.05, 3.63) is 23.5 Å². The highest BCUT2D eigenvalue weighted by Crippen LogP contribution is 2.17. The maximum absolute atomic E-state index is 11.2. The van der Waals surface area contributed by atoms with E-state index in [1.54, 1.807) is 18.3 Å². The van der Waals surface area contributed by atoms with E-state index >= 15 is 0 Å². The van der Waals surface area contributed by atoms with Crippen LogP contribution in [0, 0.1) is 0 Å². The van der Waals surface area contributed by atoms with Crippen molar-refractivity contribution >= 4 is 27.1 Å². The van der Waals surface area contributed by atoms with Gasteiger partial charge in [0.05, 0.1) is 23.4 Å². The number of sulfone groups is 1. The van der Waals surface area contributed by atoms with Gasteiger partial charge in [-0.1, -0.05) is 11.6 Å². The second-order valence-corrected chi connectivity index (χ2v) is 6.23. The Morgan fingerprint density at radius 1 is 1.47 bits per heavy atom. The molecule has 0 radical (unpaired) electrons. The van der Waals surface area contributed by atoms with E-state index in [4.69, 9.17) is 11.6 Å². The van der Waals surface area contributed by atoms with Crippen LogP contribution in [-0.4, -0.2) is 30.9 Å². The lowest BCUT2D eigenvalue weighted by Crippen LogP contribution is -2.20. The number of hydrogen-bond acceptors (Lipinski definition) is 4. The van der Waals surface area contributed by atoms with Crippen molar-refractivity contribution < 1.29 is 8.42 Å². The van der Waals surface area contributed by atoms with Gasteiger partial charge in [-0.05, 0) is 18.6 Å². The summed E-state index contributed by atoms with van der Waals surface area (Å²) in [5.74, 6) is 0.474. The lowest BCUT2D eigenvalue weighted by atomic mass is 10.2. The Bertz CT molecular complexity index is 444. The average Bonchev–Trinajstić information content (AvgIpc) is 2.50. The van der Waals surface area contributed by atoms with Gasteiger partial charge < -0.3 is 5.32 Å². The predicted octanol–water partition coefficient (Wildman–Crippen LogP) is 1.33. The van der Waals surface area contributed by atoms with Gasteiger partial charge in [-0.3, -0.25) is 0 Å². The molecule has 1 aromatic rings. The third kappa shape index (κ3) is 2.82. The van der Waals surface area contributed by atoms with E-state index in [0.717, 1.165) is 5.69 Å². The quantitative estimate of drug-likeness (QED) is 0.800. The zero-order valence-electron chi connectivity index (χ0n) is 7.98. The molecule has 1 aliphatic heterocycles. The molecule has 1 N–H and O–H groups in total. The Hall–Kier alpha value is -0.810. The standard InChI is InChI=1S/C9H11ClN2O2S/c10-9-2-1-7(5-11-9)12-8-3-4-15(13,14)6-8/h1-2,5,8,12H,3-4,6H2. The van der Waals surface area contributed by atoms with Crippen molar-refractivity contribution in [2.45, 2.75) is 12.5 Å². The van der Waals surface area contributed by atoms with Crippen LogP contribution in [0.25, 0.3) is 0 Å². The maximum Gasteiger partial charge on any atom is 0.152 e. The van der Waals surface area contributed by atoms with Crippen LogP contribution >= 0.6 is 11.6 Å². The molecule has 0 bridgehead atoms. The van der Waals surface area contributed by atoms with Crippen LogP contribution in [-0.2, 0) is 9.84 Å². The molecule has 1 aliphatic rings. The molecule has 2 heterocycles. The summed E-state index contributed by atoms with van der Waals surface area (Å²) < 4.78 is 22.4. The van der Waals surface area contributed by atoms with E-state index in [1.807, 2.05) is 0 Å². The number of nitrogens with zero attached hydrogens (tertiary/aromatic N) is 1. The first-order chi connectivity index (χ1) is 7.05. The van der Waals surface area contributed by atoms with Crippen LogP contribution in [0.3, 0.4) is 0 Å². The predicted molar refractivity (Wildman–Crippen MR) is 59.9 cm³/mol. The van der Waals surface area contributed by atoms with Crippen LogP contribution in [0.15, 0.2) is 18.3 Å². The minimum atomic E-state index is -2.83. The van der Waals surface area contributed by atoms with E-state index < -0.39 is 9.84 Å². The first-order valence-electron chi connectivity index (χ1n) is 4.64. The third-order valence-electron chi connectivity index (χ3n) is 2.33. The molecule has 1 fully saturated rings. The molecule has 1 aromatic heterocycles.